The minimum absolute atomic E-state index is 0.701. The number of hydrogen-bond donors (Lipinski definition) is 1. The van der Waals surface area contributed by atoms with Crippen LogP contribution in [0.3, 0.4) is 0 Å². The molecule has 1 saturated heterocycles. The predicted octanol–water partition coefficient (Wildman–Crippen LogP) is 1.91. The van der Waals surface area contributed by atoms with E-state index in [0.717, 1.165) is 38.6 Å². The van der Waals surface area contributed by atoms with E-state index in [-0.39, 0.29) is 0 Å². The van der Waals surface area contributed by atoms with Crippen LogP contribution in [0.25, 0.3) is 0 Å². The summed E-state index contributed by atoms with van der Waals surface area (Å²) in [6.07, 6.45) is 5.22. The van der Waals surface area contributed by atoms with Gasteiger partial charge in [-0.3, -0.25) is 4.99 Å². The van der Waals surface area contributed by atoms with Crippen molar-refractivity contribution < 1.29 is 0 Å². The third-order valence-electron chi connectivity index (χ3n) is 3.91. The zero-order valence-electron chi connectivity index (χ0n) is 12.4. The SMILES string of the molecule is CCN(CC)C(N)=NCCCN1CCCCC1C. The van der Waals surface area contributed by atoms with E-state index < -0.39 is 0 Å². The molecular formula is C14H30N4. The molecule has 0 spiro atoms. The van der Waals surface area contributed by atoms with Gasteiger partial charge in [-0.1, -0.05) is 6.42 Å². The van der Waals surface area contributed by atoms with Crippen LogP contribution in [0.15, 0.2) is 4.99 Å². The molecule has 1 aliphatic heterocycles. The third kappa shape index (κ3) is 4.84. The molecule has 0 aromatic heterocycles. The molecule has 0 aliphatic carbocycles. The number of nitrogens with zero attached hydrogens (tertiary/aromatic N) is 3. The lowest BCUT2D eigenvalue weighted by atomic mass is 10.0. The van der Waals surface area contributed by atoms with Crippen LogP contribution in [-0.4, -0.2) is 54.5 Å². The number of nitrogens with two attached hydrogens (primary N) is 1. The number of hydrogen-bond acceptors (Lipinski definition) is 2. The summed E-state index contributed by atoms with van der Waals surface area (Å²) in [5.41, 5.74) is 5.95. The summed E-state index contributed by atoms with van der Waals surface area (Å²) < 4.78 is 0. The van der Waals surface area contributed by atoms with E-state index in [4.69, 9.17) is 5.73 Å². The van der Waals surface area contributed by atoms with Crippen LogP contribution in [0.1, 0.15) is 46.5 Å². The quantitative estimate of drug-likeness (QED) is 0.447. The Kier molecular flexibility index (Phi) is 7.09. The molecule has 0 bridgehead atoms. The van der Waals surface area contributed by atoms with Gasteiger partial charge in [0.25, 0.3) is 0 Å². The van der Waals surface area contributed by atoms with Crippen LogP contribution in [0.4, 0.5) is 0 Å². The summed E-state index contributed by atoms with van der Waals surface area (Å²) >= 11 is 0. The highest BCUT2D eigenvalue weighted by molar-refractivity contribution is 5.77. The lowest BCUT2D eigenvalue weighted by Gasteiger charge is -2.33. The molecule has 1 rings (SSSR count). The maximum Gasteiger partial charge on any atom is 0.191 e. The molecule has 0 saturated carbocycles. The van der Waals surface area contributed by atoms with E-state index >= 15 is 0 Å². The Morgan fingerprint density at radius 1 is 1.33 bits per heavy atom. The highest BCUT2D eigenvalue weighted by atomic mass is 15.2. The van der Waals surface area contributed by atoms with Crippen molar-refractivity contribution in [2.45, 2.75) is 52.5 Å². The minimum atomic E-state index is 0.701. The molecule has 1 unspecified atom stereocenters. The first-order valence-corrected chi connectivity index (χ1v) is 7.48. The Balaban J connectivity index is 2.22. The van der Waals surface area contributed by atoms with Gasteiger partial charge in [0.1, 0.15) is 0 Å². The molecule has 1 aliphatic rings. The molecule has 1 atom stereocenters. The molecule has 1 heterocycles. The van der Waals surface area contributed by atoms with Crippen LogP contribution >= 0.6 is 0 Å². The van der Waals surface area contributed by atoms with E-state index in [2.05, 4.69) is 35.6 Å². The monoisotopic (exact) mass is 254 g/mol. The van der Waals surface area contributed by atoms with Gasteiger partial charge in [0.2, 0.25) is 0 Å². The van der Waals surface area contributed by atoms with E-state index in [0.29, 0.717) is 5.96 Å². The first-order chi connectivity index (χ1) is 8.69. The second kappa shape index (κ2) is 8.35. The van der Waals surface area contributed by atoms with E-state index in [1.165, 1.54) is 25.8 Å². The van der Waals surface area contributed by atoms with Crippen LogP contribution in [0.5, 0.6) is 0 Å². The molecule has 4 nitrogen and oxygen atoms in total. The van der Waals surface area contributed by atoms with Gasteiger partial charge in [0.05, 0.1) is 0 Å². The van der Waals surface area contributed by atoms with Gasteiger partial charge in [-0.25, -0.2) is 0 Å². The number of guanidine groups is 1. The van der Waals surface area contributed by atoms with Crippen molar-refractivity contribution >= 4 is 5.96 Å². The van der Waals surface area contributed by atoms with E-state index in [1.54, 1.807) is 0 Å². The largest absolute Gasteiger partial charge is 0.370 e. The predicted molar refractivity (Wildman–Crippen MR) is 78.9 cm³/mol. The highest BCUT2D eigenvalue weighted by Gasteiger charge is 2.16. The van der Waals surface area contributed by atoms with Crippen molar-refractivity contribution in [1.82, 2.24) is 9.80 Å². The fourth-order valence-corrected chi connectivity index (χ4v) is 2.60. The number of aliphatic imine (C=N–C) groups is 1. The average Bonchev–Trinajstić information content (AvgIpc) is 2.38. The Hall–Kier alpha value is -0.770. The molecule has 4 heteroatoms. The zero-order valence-corrected chi connectivity index (χ0v) is 12.4. The summed E-state index contributed by atoms with van der Waals surface area (Å²) in [6, 6.07) is 0.753. The van der Waals surface area contributed by atoms with Gasteiger partial charge in [-0.2, -0.15) is 0 Å². The van der Waals surface area contributed by atoms with Gasteiger partial charge in [-0.05, 0) is 46.6 Å². The standard InChI is InChI=1S/C14H30N4/c1-4-17(5-2)14(15)16-10-8-12-18-11-7-6-9-13(18)3/h13H,4-12H2,1-3H3,(H2,15,16). The maximum absolute atomic E-state index is 5.95. The molecule has 18 heavy (non-hydrogen) atoms. The minimum Gasteiger partial charge on any atom is -0.370 e. The van der Waals surface area contributed by atoms with Crippen molar-refractivity contribution in [1.29, 1.82) is 0 Å². The fraction of sp³-hybridized carbons (Fsp3) is 0.929. The van der Waals surface area contributed by atoms with E-state index in [9.17, 15) is 0 Å². The summed E-state index contributed by atoms with van der Waals surface area (Å²) in [5, 5.41) is 0. The van der Waals surface area contributed by atoms with Crippen molar-refractivity contribution in [3.05, 3.63) is 0 Å². The normalized spacial score (nSPS) is 22.2. The van der Waals surface area contributed by atoms with Gasteiger partial charge in [0.15, 0.2) is 5.96 Å². The average molecular weight is 254 g/mol. The second-order valence-corrected chi connectivity index (χ2v) is 5.15. The summed E-state index contributed by atoms with van der Waals surface area (Å²) in [4.78, 5) is 9.16. The first kappa shape index (κ1) is 15.3. The van der Waals surface area contributed by atoms with Gasteiger partial charge >= 0.3 is 0 Å². The maximum atomic E-state index is 5.95. The van der Waals surface area contributed by atoms with Crippen LogP contribution < -0.4 is 5.73 Å². The summed E-state index contributed by atoms with van der Waals surface area (Å²) in [5.74, 6) is 0.701. The fourth-order valence-electron chi connectivity index (χ4n) is 2.60. The Labute approximate surface area is 112 Å². The molecule has 0 amide bonds. The molecule has 2 N–H and O–H groups in total. The molecular weight excluding hydrogens is 224 g/mol. The van der Waals surface area contributed by atoms with Gasteiger partial charge in [-0.15, -0.1) is 0 Å². The second-order valence-electron chi connectivity index (χ2n) is 5.15. The van der Waals surface area contributed by atoms with Crippen LogP contribution in [-0.2, 0) is 0 Å². The van der Waals surface area contributed by atoms with E-state index in [1.807, 2.05) is 0 Å². The van der Waals surface area contributed by atoms with Gasteiger partial charge < -0.3 is 15.5 Å². The Morgan fingerprint density at radius 3 is 2.67 bits per heavy atom. The molecule has 0 radical (unpaired) electrons. The van der Waals surface area contributed by atoms with Crippen molar-refractivity contribution in [2.75, 3.05) is 32.7 Å². The number of rotatable bonds is 6. The zero-order chi connectivity index (χ0) is 13.4. The smallest absolute Gasteiger partial charge is 0.191 e. The molecule has 0 aromatic carbocycles. The van der Waals surface area contributed by atoms with Crippen molar-refractivity contribution in [3.63, 3.8) is 0 Å². The van der Waals surface area contributed by atoms with Crippen LogP contribution in [0, 0.1) is 0 Å². The highest BCUT2D eigenvalue weighted by Crippen LogP contribution is 2.16. The third-order valence-corrected chi connectivity index (χ3v) is 3.91. The Bertz CT molecular complexity index is 248. The molecule has 106 valence electrons. The van der Waals surface area contributed by atoms with Crippen molar-refractivity contribution in [3.8, 4) is 0 Å². The van der Waals surface area contributed by atoms with Crippen molar-refractivity contribution in [2.24, 2.45) is 10.7 Å². The summed E-state index contributed by atoms with van der Waals surface area (Å²) in [7, 11) is 0. The lowest BCUT2D eigenvalue weighted by Crippen LogP contribution is -2.39. The molecule has 1 fully saturated rings. The van der Waals surface area contributed by atoms with Crippen LogP contribution in [0.2, 0.25) is 0 Å². The lowest BCUT2D eigenvalue weighted by molar-refractivity contribution is 0.160. The topological polar surface area (TPSA) is 44.9 Å². The number of piperidine rings is 1. The summed E-state index contributed by atoms with van der Waals surface area (Å²) in [6.45, 7) is 11.7. The Morgan fingerprint density at radius 2 is 2.06 bits per heavy atom. The first-order valence-electron chi connectivity index (χ1n) is 7.48. The van der Waals surface area contributed by atoms with Gasteiger partial charge in [0, 0.05) is 32.2 Å². The molecule has 0 aromatic rings. The number of likely N-dealkylation sites (tertiary alicyclic amines) is 1.